The van der Waals surface area contributed by atoms with Crippen molar-refractivity contribution in [3.63, 3.8) is 0 Å². The van der Waals surface area contributed by atoms with Gasteiger partial charge in [-0.1, -0.05) is 77.0 Å². The van der Waals surface area contributed by atoms with Gasteiger partial charge in [-0.3, -0.25) is 5.43 Å². The van der Waals surface area contributed by atoms with Gasteiger partial charge in [0.15, 0.2) is 5.58 Å². The van der Waals surface area contributed by atoms with E-state index in [1.807, 2.05) is 60.7 Å². The molecule has 5 aromatic rings. The highest BCUT2D eigenvalue weighted by Gasteiger charge is 2.11. The topological polar surface area (TPSA) is 50.4 Å². The maximum atomic E-state index is 6.41. The molecule has 0 saturated heterocycles. The van der Waals surface area contributed by atoms with E-state index in [1.54, 1.807) is 12.1 Å². The first-order chi connectivity index (χ1) is 14.2. The summed E-state index contributed by atoms with van der Waals surface area (Å²) in [4.78, 5) is 4.56. The first-order valence-corrected chi connectivity index (χ1v) is 10.4. The largest absolute Gasteiger partial charge is 0.454 e. The lowest BCUT2D eigenvalue weighted by Gasteiger charge is -2.07. The zero-order valence-corrected chi connectivity index (χ0v) is 17.2. The number of hydrogen-bond acceptors (Lipinski definition) is 5. The van der Waals surface area contributed by atoms with E-state index >= 15 is 0 Å². The molecule has 0 unspecified atom stereocenters. The molecule has 142 valence electrons. The summed E-state index contributed by atoms with van der Waals surface area (Å²) in [6, 6.07) is 23.1. The van der Waals surface area contributed by atoms with Gasteiger partial charge in [-0.15, -0.1) is 0 Å². The van der Waals surface area contributed by atoms with Gasteiger partial charge in [-0.05, 0) is 24.3 Å². The predicted octanol–water partition coefficient (Wildman–Crippen LogP) is 6.94. The minimum absolute atomic E-state index is 0.432. The van der Waals surface area contributed by atoms with Crippen LogP contribution in [0.15, 0.2) is 82.3 Å². The molecule has 0 aliphatic carbocycles. The third kappa shape index (κ3) is 3.60. The molecule has 0 radical (unpaired) electrons. The molecule has 0 atom stereocenters. The molecule has 0 fully saturated rings. The van der Waals surface area contributed by atoms with Gasteiger partial charge in [0.05, 0.1) is 20.6 Å². The van der Waals surface area contributed by atoms with Crippen LogP contribution in [0.3, 0.4) is 0 Å². The smallest absolute Gasteiger partial charge is 0.204 e. The Bertz CT molecular complexity index is 1380. The first kappa shape index (κ1) is 18.2. The summed E-state index contributed by atoms with van der Waals surface area (Å²) >= 11 is 14.2. The van der Waals surface area contributed by atoms with E-state index in [1.165, 1.54) is 11.3 Å². The van der Waals surface area contributed by atoms with Gasteiger partial charge in [0.25, 0.3) is 0 Å². The summed E-state index contributed by atoms with van der Waals surface area (Å²) in [5.74, 6) is 0.659. The molecule has 2 heterocycles. The van der Waals surface area contributed by atoms with Crippen molar-refractivity contribution < 1.29 is 4.42 Å². The van der Waals surface area contributed by atoms with Crippen LogP contribution in [0, 0.1) is 0 Å². The Morgan fingerprint density at radius 2 is 1.72 bits per heavy atom. The normalized spacial score (nSPS) is 12.0. The highest BCUT2D eigenvalue weighted by Crippen LogP contribution is 2.30. The van der Waals surface area contributed by atoms with Crippen LogP contribution in [0.1, 0.15) is 0 Å². The van der Waals surface area contributed by atoms with Gasteiger partial charge < -0.3 is 4.42 Å². The van der Waals surface area contributed by atoms with Crippen molar-refractivity contribution in [2.45, 2.75) is 0 Å². The lowest BCUT2D eigenvalue weighted by molar-refractivity contribution is 0.618. The molecular formula is C22H13Cl2N3OS. The van der Waals surface area contributed by atoms with Crippen molar-refractivity contribution in [2.75, 3.05) is 5.43 Å². The molecule has 3 aromatic carbocycles. The lowest BCUT2D eigenvalue weighted by Crippen LogP contribution is -2.07. The molecular weight excluding hydrogens is 425 g/mol. The molecule has 29 heavy (non-hydrogen) atoms. The van der Waals surface area contributed by atoms with Gasteiger partial charge in [-0.25, -0.2) is 4.98 Å². The van der Waals surface area contributed by atoms with Gasteiger partial charge in [0.2, 0.25) is 5.13 Å². The quantitative estimate of drug-likeness (QED) is 0.310. The fourth-order valence-electron chi connectivity index (χ4n) is 3.06. The van der Waals surface area contributed by atoms with Crippen LogP contribution in [0.4, 0.5) is 5.13 Å². The highest BCUT2D eigenvalue weighted by molar-refractivity contribution is 7.22. The number of aromatic nitrogens is 1. The Morgan fingerprint density at radius 1 is 0.931 bits per heavy atom. The molecule has 2 aromatic heterocycles. The van der Waals surface area contributed by atoms with E-state index in [2.05, 4.69) is 15.5 Å². The Kier molecular flexibility index (Phi) is 4.72. The molecule has 0 aliphatic heterocycles. The zero-order valence-electron chi connectivity index (χ0n) is 14.9. The van der Waals surface area contributed by atoms with Crippen molar-refractivity contribution in [1.29, 1.82) is 0 Å². The summed E-state index contributed by atoms with van der Waals surface area (Å²) in [6.45, 7) is 0. The van der Waals surface area contributed by atoms with Crippen molar-refractivity contribution in [2.24, 2.45) is 5.10 Å². The van der Waals surface area contributed by atoms with Crippen LogP contribution in [0.2, 0.25) is 10.0 Å². The third-order valence-corrected chi connectivity index (χ3v) is 5.83. The number of anilines is 1. The van der Waals surface area contributed by atoms with Gasteiger partial charge in [-0.2, -0.15) is 5.10 Å². The molecule has 7 heteroatoms. The summed E-state index contributed by atoms with van der Waals surface area (Å²) in [5, 5.41) is 7.62. The van der Waals surface area contributed by atoms with Gasteiger partial charge >= 0.3 is 0 Å². The maximum absolute atomic E-state index is 6.41. The van der Waals surface area contributed by atoms with Crippen molar-refractivity contribution in [3.05, 3.63) is 88.2 Å². The van der Waals surface area contributed by atoms with Crippen LogP contribution in [-0.4, -0.2) is 4.98 Å². The Morgan fingerprint density at radius 3 is 2.55 bits per heavy atom. The van der Waals surface area contributed by atoms with Crippen molar-refractivity contribution in [3.8, 4) is 11.3 Å². The third-order valence-electron chi connectivity index (χ3n) is 4.39. The molecule has 0 saturated carbocycles. The number of halogens is 2. The minimum atomic E-state index is 0.432. The number of nitrogens with one attached hydrogen (secondary N) is 1. The predicted molar refractivity (Wildman–Crippen MR) is 120 cm³/mol. The summed E-state index contributed by atoms with van der Waals surface area (Å²) < 4.78 is 7.17. The van der Waals surface area contributed by atoms with Crippen LogP contribution in [0.25, 0.3) is 32.5 Å². The highest BCUT2D eigenvalue weighted by atomic mass is 35.5. The second kappa shape index (κ2) is 7.52. The summed E-state index contributed by atoms with van der Waals surface area (Å²) in [6.07, 6.45) is 0. The standard InChI is InChI=1S/C22H13Cl2N3OS/c23-14-10-15-18(26-27-22-25-17-8-4-5-9-20(17)29-22)12-19(13-6-2-1-3-7-13)28-21(15)16(24)11-14/h1-12H,(H,25,27)/b26-18+. The van der Waals surface area contributed by atoms with Gasteiger partial charge in [0, 0.05) is 22.0 Å². The molecule has 0 spiro atoms. The SMILES string of the molecule is Clc1cc(Cl)c2oc(-c3ccccc3)c/c(=N\Nc3nc4ccccc4s3)c2c1. The fraction of sp³-hybridized carbons (Fsp3) is 0. The van der Waals surface area contributed by atoms with E-state index in [0.717, 1.165) is 21.2 Å². The molecule has 1 N–H and O–H groups in total. The number of hydrogen-bond donors (Lipinski definition) is 1. The van der Waals surface area contributed by atoms with Crippen LogP contribution >= 0.6 is 34.5 Å². The number of fused-ring (bicyclic) bond motifs is 2. The molecule has 0 bridgehead atoms. The second-order valence-electron chi connectivity index (χ2n) is 6.34. The molecule has 0 amide bonds. The summed E-state index contributed by atoms with van der Waals surface area (Å²) in [5.41, 5.74) is 5.45. The number of benzene rings is 3. The van der Waals surface area contributed by atoms with Crippen molar-refractivity contribution in [1.82, 2.24) is 4.98 Å². The van der Waals surface area contributed by atoms with E-state index in [-0.39, 0.29) is 0 Å². The zero-order chi connectivity index (χ0) is 19.8. The van der Waals surface area contributed by atoms with E-state index in [0.29, 0.717) is 31.9 Å². The van der Waals surface area contributed by atoms with Crippen LogP contribution in [0.5, 0.6) is 0 Å². The molecule has 5 rings (SSSR count). The first-order valence-electron chi connectivity index (χ1n) is 8.81. The fourth-order valence-corrected chi connectivity index (χ4v) is 4.40. The van der Waals surface area contributed by atoms with E-state index in [4.69, 9.17) is 27.6 Å². The van der Waals surface area contributed by atoms with Crippen molar-refractivity contribution >= 4 is 60.9 Å². The Balaban J connectivity index is 1.68. The molecule has 0 aliphatic rings. The maximum Gasteiger partial charge on any atom is 0.204 e. The van der Waals surface area contributed by atoms with Gasteiger partial charge in [0.1, 0.15) is 5.76 Å². The van der Waals surface area contributed by atoms with Crippen LogP contribution in [-0.2, 0) is 0 Å². The van der Waals surface area contributed by atoms with E-state index < -0.39 is 0 Å². The number of para-hydroxylation sites is 1. The molecule has 4 nitrogen and oxygen atoms in total. The summed E-state index contributed by atoms with van der Waals surface area (Å²) in [7, 11) is 0. The minimum Gasteiger partial charge on any atom is -0.454 e. The Hall–Kier alpha value is -2.86. The average molecular weight is 438 g/mol. The monoisotopic (exact) mass is 437 g/mol. The number of nitrogens with zero attached hydrogens (tertiary/aromatic N) is 2. The van der Waals surface area contributed by atoms with E-state index in [9.17, 15) is 0 Å². The lowest BCUT2D eigenvalue weighted by atomic mass is 10.1. The van der Waals surface area contributed by atoms with Crippen LogP contribution < -0.4 is 10.8 Å². The Labute approximate surface area is 180 Å². The second-order valence-corrected chi connectivity index (χ2v) is 8.21. The number of thiazole rings is 1. The average Bonchev–Trinajstić information content (AvgIpc) is 3.16. The number of rotatable bonds is 3.